The highest BCUT2D eigenvalue weighted by atomic mass is 15.1. The fourth-order valence-corrected chi connectivity index (χ4v) is 2.87. The highest BCUT2D eigenvalue weighted by molar-refractivity contribution is 5.60. The third-order valence-corrected chi connectivity index (χ3v) is 4.01. The Bertz CT molecular complexity index is 864. The van der Waals surface area contributed by atoms with Gasteiger partial charge >= 0.3 is 0 Å². The molecule has 0 saturated heterocycles. The molecule has 0 saturated carbocycles. The Morgan fingerprint density at radius 3 is 2.71 bits per heavy atom. The van der Waals surface area contributed by atoms with E-state index in [2.05, 4.69) is 20.3 Å². The molecule has 0 radical (unpaired) electrons. The van der Waals surface area contributed by atoms with Crippen molar-refractivity contribution in [2.45, 2.75) is 25.8 Å². The number of rotatable bonds is 4. The van der Waals surface area contributed by atoms with Gasteiger partial charge in [-0.15, -0.1) is 0 Å². The van der Waals surface area contributed by atoms with Crippen LogP contribution in [0.4, 0.5) is 11.6 Å². The van der Waals surface area contributed by atoms with Gasteiger partial charge in [0, 0.05) is 35.4 Å². The Labute approximate surface area is 139 Å². The van der Waals surface area contributed by atoms with Crippen molar-refractivity contribution in [3.05, 3.63) is 53.9 Å². The SMILES string of the molecule is Nc1ccnc(CNc2nc(-c3ccncc3)nc3c2CCC3)n1. The number of aromatic nitrogens is 5. The Morgan fingerprint density at radius 1 is 1.00 bits per heavy atom. The van der Waals surface area contributed by atoms with E-state index in [-0.39, 0.29) is 0 Å². The molecule has 3 N–H and O–H groups in total. The Morgan fingerprint density at radius 2 is 1.88 bits per heavy atom. The molecule has 0 aromatic carbocycles. The zero-order chi connectivity index (χ0) is 16.4. The molecule has 0 spiro atoms. The standard InChI is InChI=1S/C17H17N7/c18-14-6-9-20-15(23-14)10-21-17-12-2-1-3-13(12)22-16(24-17)11-4-7-19-8-5-11/h4-9H,1-3,10H2,(H2,18,20,23)(H,21,22,24). The van der Waals surface area contributed by atoms with Crippen LogP contribution < -0.4 is 11.1 Å². The number of pyridine rings is 1. The molecule has 0 aliphatic heterocycles. The van der Waals surface area contributed by atoms with E-state index in [1.54, 1.807) is 24.7 Å². The Balaban J connectivity index is 1.65. The van der Waals surface area contributed by atoms with Crippen LogP contribution in [-0.4, -0.2) is 24.9 Å². The number of hydrogen-bond donors (Lipinski definition) is 2. The summed E-state index contributed by atoms with van der Waals surface area (Å²) < 4.78 is 0. The molecule has 24 heavy (non-hydrogen) atoms. The van der Waals surface area contributed by atoms with Crippen LogP contribution >= 0.6 is 0 Å². The van der Waals surface area contributed by atoms with E-state index in [0.29, 0.717) is 24.0 Å². The van der Waals surface area contributed by atoms with Gasteiger partial charge in [-0.3, -0.25) is 4.98 Å². The molecule has 3 aromatic heterocycles. The molecule has 0 unspecified atom stereocenters. The second-order valence-corrected chi connectivity index (χ2v) is 5.66. The van der Waals surface area contributed by atoms with Crippen molar-refractivity contribution in [2.75, 3.05) is 11.1 Å². The van der Waals surface area contributed by atoms with Gasteiger partial charge in [-0.25, -0.2) is 19.9 Å². The highest BCUT2D eigenvalue weighted by Gasteiger charge is 2.20. The van der Waals surface area contributed by atoms with Crippen LogP contribution in [0.1, 0.15) is 23.5 Å². The topological polar surface area (TPSA) is 102 Å². The second kappa shape index (κ2) is 6.19. The molecule has 7 heteroatoms. The minimum absolute atomic E-state index is 0.465. The van der Waals surface area contributed by atoms with E-state index < -0.39 is 0 Å². The first-order valence-corrected chi connectivity index (χ1v) is 7.91. The van der Waals surface area contributed by atoms with Gasteiger partial charge in [-0.2, -0.15) is 0 Å². The van der Waals surface area contributed by atoms with Crippen LogP contribution in [0.15, 0.2) is 36.8 Å². The van der Waals surface area contributed by atoms with Gasteiger partial charge in [0.1, 0.15) is 17.5 Å². The van der Waals surface area contributed by atoms with Crippen LogP contribution in [0.2, 0.25) is 0 Å². The predicted molar refractivity (Wildman–Crippen MR) is 91.1 cm³/mol. The second-order valence-electron chi connectivity index (χ2n) is 5.66. The summed E-state index contributed by atoms with van der Waals surface area (Å²) in [6, 6.07) is 5.51. The Kier molecular flexibility index (Phi) is 3.74. The van der Waals surface area contributed by atoms with E-state index in [1.807, 2.05) is 12.1 Å². The first kappa shape index (κ1) is 14.5. The quantitative estimate of drug-likeness (QED) is 0.758. The van der Waals surface area contributed by atoms with Crippen molar-refractivity contribution in [2.24, 2.45) is 0 Å². The van der Waals surface area contributed by atoms with Crippen molar-refractivity contribution in [3.63, 3.8) is 0 Å². The number of hydrogen-bond acceptors (Lipinski definition) is 7. The maximum absolute atomic E-state index is 5.71. The Hall–Kier alpha value is -3.09. The average molecular weight is 319 g/mol. The summed E-state index contributed by atoms with van der Waals surface area (Å²) in [6.45, 7) is 0.476. The van der Waals surface area contributed by atoms with Gasteiger partial charge in [0.05, 0.1) is 6.54 Å². The van der Waals surface area contributed by atoms with Crippen LogP contribution in [0.3, 0.4) is 0 Å². The van der Waals surface area contributed by atoms with Crippen LogP contribution in [0, 0.1) is 0 Å². The number of nitrogens with zero attached hydrogens (tertiary/aromatic N) is 5. The number of fused-ring (bicyclic) bond motifs is 1. The smallest absolute Gasteiger partial charge is 0.161 e. The molecule has 0 bridgehead atoms. The lowest BCUT2D eigenvalue weighted by atomic mass is 10.2. The van der Waals surface area contributed by atoms with Crippen molar-refractivity contribution >= 4 is 11.6 Å². The number of nitrogen functional groups attached to an aromatic ring is 1. The molecular weight excluding hydrogens is 302 g/mol. The first-order chi connectivity index (χ1) is 11.8. The largest absolute Gasteiger partial charge is 0.384 e. The fraction of sp³-hybridized carbons (Fsp3) is 0.235. The third-order valence-electron chi connectivity index (χ3n) is 4.01. The van der Waals surface area contributed by atoms with Crippen LogP contribution in [0.25, 0.3) is 11.4 Å². The van der Waals surface area contributed by atoms with Gasteiger partial charge < -0.3 is 11.1 Å². The lowest BCUT2D eigenvalue weighted by Gasteiger charge is -2.12. The van der Waals surface area contributed by atoms with Crippen molar-refractivity contribution in [1.29, 1.82) is 0 Å². The molecule has 1 aliphatic carbocycles. The summed E-state index contributed by atoms with van der Waals surface area (Å²) in [4.78, 5) is 21.9. The molecular formula is C17H17N7. The van der Waals surface area contributed by atoms with Crippen LogP contribution in [0.5, 0.6) is 0 Å². The van der Waals surface area contributed by atoms with Crippen molar-refractivity contribution < 1.29 is 0 Å². The van der Waals surface area contributed by atoms with Crippen molar-refractivity contribution in [1.82, 2.24) is 24.9 Å². The summed E-state index contributed by atoms with van der Waals surface area (Å²) in [5.41, 5.74) is 8.98. The fourth-order valence-electron chi connectivity index (χ4n) is 2.87. The molecule has 3 aromatic rings. The van der Waals surface area contributed by atoms with Gasteiger partial charge in [-0.05, 0) is 37.5 Å². The number of nitrogens with two attached hydrogens (primary N) is 1. The van der Waals surface area contributed by atoms with E-state index in [9.17, 15) is 0 Å². The number of aryl methyl sites for hydroxylation is 1. The summed E-state index contributed by atoms with van der Waals surface area (Å²) in [6.07, 6.45) is 8.24. The van der Waals surface area contributed by atoms with Crippen LogP contribution in [-0.2, 0) is 19.4 Å². The predicted octanol–water partition coefficient (Wildman–Crippen LogP) is 2.01. The summed E-state index contributed by atoms with van der Waals surface area (Å²) >= 11 is 0. The number of nitrogens with one attached hydrogen (secondary N) is 1. The van der Waals surface area contributed by atoms with E-state index in [0.717, 1.165) is 36.3 Å². The molecule has 3 heterocycles. The minimum Gasteiger partial charge on any atom is -0.384 e. The highest BCUT2D eigenvalue weighted by Crippen LogP contribution is 2.29. The lowest BCUT2D eigenvalue weighted by molar-refractivity contribution is 0.899. The van der Waals surface area contributed by atoms with Gasteiger partial charge in [-0.1, -0.05) is 0 Å². The zero-order valence-corrected chi connectivity index (χ0v) is 13.1. The number of anilines is 2. The van der Waals surface area contributed by atoms with E-state index in [4.69, 9.17) is 15.7 Å². The lowest BCUT2D eigenvalue weighted by Crippen LogP contribution is -2.10. The van der Waals surface area contributed by atoms with E-state index >= 15 is 0 Å². The van der Waals surface area contributed by atoms with Gasteiger partial charge in [0.2, 0.25) is 0 Å². The molecule has 0 amide bonds. The summed E-state index contributed by atoms with van der Waals surface area (Å²) in [7, 11) is 0. The minimum atomic E-state index is 0.465. The molecule has 1 aliphatic rings. The summed E-state index contributed by atoms with van der Waals surface area (Å²) in [5.74, 6) is 2.68. The summed E-state index contributed by atoms with van der Waals surface area (Å²) in [5, 5.41) is 3.35. The molecule has 4 rings (SSSR count). The monoisotopic (exact) mass is 319 g/mol. The zero-order valence-electron chi connectivity index (χ0n) is 13.1. The van der Waals surface area contributed by atoms with E-state index in [1.165, 1.54) is 5.56 Å². The normalized spacial score (nSPS) is 12.8. The maximum Gasteiger partial charge on any atom is 0.161 e. The van der Waals surface area contributed by atoms with Gasteiger partial charge in [0.15, 0.2) is 5.82 Å². The first-order valence-electron chi connectivity index (χ1n) is 7.91. The molecule has 0 atom stereocenters. The van der Waals surface area contributed by atoms with Gasteiger partial charge in [0.25, 0.3) is 0 Å². The third kappa shape index (κ3) is 2.88. The maximum atomic E-state index is 5.71. The molecule has 120 valence electrons. The average Bonchev–Trinajstić information content (AvgIpc) is 3.09. The van der Waals surface area contributed by atoms with Crippen molar-refractivity contribution in [3.8, 4) is 11.4 Å². The molecule has 0 fully saturated rings. The molecule has 7 nitrogen and oxygen atoms in total.